The summed E-state index contributed by atoms with van der Waals surface area (Å²) in [4.78, 5) is 12.4. The Morgan fingerprint density at radius 3 is 2.38 bits per heavy atom. The Bertz CT molecular complexity index is 642. The fourth-order valence-electron chi connectivity index (χ4n) is 2.60. The van der Waals surface area contributed by atoms with Gasteiger partial charge >= 0.3 is 7.52 Å². The zero-order chi connectivity index (χ0) is 17.6. The number of amides is 1. The van der Waals surface area contributed by atoms with Gasteiger partial charge in [0, 0.05) is 18.7 Å². The van der Waals surface area contributed by atoms with Gasteiger partial charge in [0.25, 0.3) is 5.91 Å². The van der Waals surface area contributed by atoms with Gasteiger partial charge in [-0.2, -0.15) is 0 Å². The van der Waals surface area contributed by atoms with Crippen LogP contribution in [-0.4, -0.2) is 30.3 Å². The van der Waals surface area contributed by atoms with Crippen LogP contribution in [-0.2, 0) is 9.09 Å². The number of benzene rings is 1. The van der Waals surface area contributed by atoms with Crippen LogP contribution in [0.4, 0.5) is 0 Å². The molecule has 1 saturated heterocycles. The molecule has 0 radical (unpaired) electrons. The van der Waals surface area contributed by atoms with Crippen molar-refractivity contribution in [1.29, 1.82) is 0 Å². The van der Waals surface area contributed by atoms with Gasteiger partial charge in [0.1, 0.15) is 9.93 Å². The maximum atomic E-state index is 13.5. The summed E-state index contributed by atoms with van der Waals surface area (Å²) in [6.45, 7) is 3.20. The number of rotatable bonds is 6. The van der Waals surface area contributed by atoms with E-state index in [0.29, 0.717) is 18.7 Å². The topological polar surface area (TPSA) is 58.6 Å². The van der Waals surface area contributed by atoms with E-state index in [9.17, 15) is 9.36 Å². The van der Waals surface area contributed by atoms with E-state index in [2.05, 4.69) is 5.32 Å². The standard InChI is InChI=1S/C16H21Cl2N2O3P/c1-2-23-24(22,20-11-7-4-8-12-20)16(14(17)18)19-15(21)13-9-5-3-6-10-13/h3,5-6,9-10H,2,4,7-8,11-12H2,1H3,(H,19,21)/t24-/m0/s1. The lowest BCUT2D eigenvalue weighted by Gasteiger charge is -2.34. The Labute approximate surface area is 152 Å². The highest BCUT2D eigenvalue weighted by Crippen LogP contribution is 2.59. The Hall–Kier alpha value is -0.840. The SMILES string of the molecule is CCO[P@@](=O)(C(NC(=O)c1ccccc1)=C(Cl)Cl)N1CCCCC1. The van der Waals surface area contributed by atoms with Crippen LogP contribution in [0.2, 0.25) is 0 Å². The molecule has 0 unspecified atom stereocenters. The molecule has 24 heavy (non-hydrogen) atoms. The van der Waals surface area contributed by atoms with Crippen molar-refractivity contribution in [2.75, 3.05) is 19.7 Å². The molecule has 132 valence electrons. The van der Waals surface area contributed by atoms with Gasteiger partial charge in [-0.1, -0.05) is 47.8 Å². The fourth-order valence-corrected chi connectivity index (χ4v) is 5.52. The number of hydrogen-bond donors (Lipinski definition) is 1. The quantitative estimate of drug-likeness (QED) is 0.712. The van der Waals surface area contributed by atoms with Gasteiger partial charge in [0.05, 0.1) is 6.61 Å². The molecule has 1 amide bonds. The lowest BCUT2D eigenvalue weighted by atomic mass is 10.2. The molecule has 1 N–H and O–H groups in total. The minimum atomic E-state index is -3.52. The van der Waals surface area contributed by atoms with Crippen molar-refractivity contribution >= 4 is 36.6 Å². The maximum Gasteiger partial charge on any atom is 0.320 e. The van der Waals surface area contributed by atoms with Gasteiger partial charge < -0.3 is 9.84 Å². The monoisotopic (exact) mass is 390 g/mol. The summed E-state index contributed by atoms with van der Waals surface area (Å²) < 4.78 is 20.6. The van der Waals surface area contributed by atoms with Gasteiger partial charge in [-0.3, -0.25) is 9.36 Å². The summed E-state index contributed by atoms with van der Waals surface area (Å²) >= 11 is 11.9. The van der Waals surface area contributed by atoms with Gasteiger partial charge in [-0.15, -0.1) is 0 Å². The van der Waals surface area contributed by atoms with Gasteiger partial charge in [0.15, 0.2) is 0 Å². The second-order valence-electron chi connectivity index (χ2n) is 5.38. The molecule has 5 nitrogen and oxygen atoms in total. The highest BCUT2D eigenvalue weighted by molar-refractivity contribution is 7.61. The Morgan fingerprint density at radius 2 is 1.83 bits per heavy atom. The minimum absolute atomic E-state index is 0.0524. The predicted octanol–water partition coefficient (Wildman–Crippen LogP) is 4.74. The first kappa shape index (κ1) is 19.5. The fraction of sp³-hybridized carbons (Fsp3) is 0.438. The van der Waals surface area contributed by atoms with E-state index in [0.717, 1.165) is 19.3 Å². The van der Waals surface area contributed by atoms with Crippen LogP contribution in [0, 0.1) is 0 Å². The van der Waals surface area contributed by atoms with E-state index in [1.54, 1.807) is 41.9 Å². The van der Waals surface area contributed by atoms with E-state index in [1.165, 1.54) is 0 Å². The van der Waals surface area contributed by atoms with Crippen molar-refractivity contribution in [2.45, 2.75) is 26.2 Å². The van der Waals surface area contributed by atoms with Crippen molar-refractivity contribution in [2.24, 2.45) is 0 Å². The Morgan fingerprint density at radius 1 is 1.21 bits per heavy atom. The summed E-state index contributed by atoms with van der Waals surface area (Å²) in [6, 6.07) is 8.60. The Balaban J connectivity index is 2.31. The number of carbonyl (C=O) groups excluding carboxylic acids is 1. The summed E-state index contributed by atoms with van der Waals surface area (Å²) in [7, 11) is -3.52. The van der Waals surface area contributed by atoms with Crippen LogP contribution in [0.25, 0.3) is 0 Å². The molecule has 0 aromatic heterocycles. The molecule has 0 spiro atoms. The van der Waals surface area contributed by atoms with Gasteiger partial charge in [-0.25, -0.2) is 4.67 Å². The zero-order valence-electron chi connectivity index (χ0n) is 13.5. The van der Waals surface area contributed by atoms with Crippen LogP contribution < -0.4 is 5.32 Å². The van der Waals surface area contributed by atoms with Crippen molar-refractivity contribution in [1.82, 2.24) is 9.99 Å². The lowest BCUT2D eigenvalue weighted by Crippen LogP contribution is -2.33. The van der Waals surface area contributed by atoms with Crippen LogP contribution >= 0.6 is 30.7 Å². The molecule has 1 aromatic carbocycles. The zero-order valence-corrected chi connectivity index (χ0v) is 15.9. The molecule has 1 aliphatic rings. The van der Waals surface area contributed by atoms with E-state index < -0.39 is 13.4 Å². The number of nitrogens with one attached hydrogen (secondary N) is 1. The molecule has 1 aromatic rings. The molecule has 1 fully saturated rings. The molecule has 1 aliphatic heterocycles. The average Bonchev–Trinajstić information content (AvgIpc) is 2.60. The van der Waals surface area contributed by atoms with Crippen molar-refractivity contribution in [3.8, 4) is 0 Å². The Kier molecular flexibility index (Phi) is 7.33. The summed E-state index contributed by atoms with van der Waals surface area (Å²) in [5.41, 5.74) is 0.370. The van der Waals surface area contributed by atoms with Crippen molar-refractivity contribution in [3.05, 3.63) is 45.8 Å². The number of halogens is 2. The number of nitrogens with zero attached hydrogens (tertiary/aromatic N) is 1. The van der Waals surface area contributed by atoms with Crippen LogP contribution in [0.5, 0.6) is 0 Å². The van der Waals surface area contributed by atoms with E-state index >= 15 is 0 Å². The molecule has 1 atom stereocenters. The maximum absolute atomic E-state index is 13.5. The number of piperidine rings is 1. The van der Waals surface area contributed by atoms with Crippen molar-refractivity contribution in [3.63, 3.8) is 0 Å². The highest BCUT2D eigenvalue weighted by Gasteiger charge is 2.39. The van der Waals surface area contributed by atoms with E-state index in [-0.39, 0.29) is 16.5 Å². The molecule has 0 bridgehead atoms. The number of carbonyl (C=O) groups is 1. The highest BCUT2D eigenvalue weighted by atomic mass is 35.5. The first-order chi connectivity index (χ1) is 11.5. The third-order valence-corrected chi connectivity index (χ3v) is 7.03. The lowest BCUT2D eigenvalue weighted by molar-refractivity contribution is 0.0966. The largest absolute Gasteiger partial charge is 0.320 e. The average molecular weight is 391 g/mol. The van der Waals surface area contributed by atoms with Crippen molar-refractivity contribution < 1.29 is 13.9 Å². The molecule has 0 aliphatic carbocycles. The molecular weight excluding hydrogens is 370 g/mol. The summed E-state index contributed by atoms with van der Waals surface area (Å²) in [6.07, 6.45) is 2.90. The van der Waals surface area contributed by atoms with Crippen LogP contribution in [0.1, 0.15) is 36.5 Å². The van der Waals surface area contributed by atoms with E-state index in [1.807, 2.05) is 0 Å². The predicted molar refractivity (Wildman–Crippen MR) is 97.3 cm³/mol. The molecule has 1 heterocycles. The first-order valence-electron chi connectivity index (χ1n) is 7.91. The third kappa shape index (κ3) is 4.62. The van der Waals surface area contributed by atoms with Crippen LogP contribution in [0.15, 0.2) is 40.3 Å². The number of hydrogen-bond acceptors (Lipinski definition) is 3. The first-order valence-corrected chi connectivity index (χ1v) is 10.2. The second-order valence-corrected chi connectivity index (χ2v) is 8.64. The summed E-state index contributed by atoms with van der Waals surface area (Å²) in [5.74, 6) is -0.429. The normalized spacial score (nSPS) is 17.8. The minimum Gasteiger partial charge on any atom is -0.314 e. The van der Waals surface area contributed by atoms with Gasteiger partial charge in [-0.05, 0) is 31.9 Å². The van der Waals surface area contributed by atoms with Crippen LogP contribution in [0.3, 0.4) is 0 Å². The second kappa shape index (κ2) is 9.02. The molecule has 8 heteroatoms. The molecule has 2 rings (SSSR count). The summed E-state index contributed by atoms with van der Waals surface area (Å²) in [5, 5.41) is 2.60. The smallest absolute Gasteiger partial charge is 0.314 e. The molecule has 0 saturated carbocycles. The third-order valence-electron chi connectivity index (χ3n) is 3.74. The van der Waals surface area contributed by atoms with E-state index in [4.69, 9.17) is 27.7 Å². The molecular formula is C16H21Cl2N2O3P. The van der Waals surface area contributed by atoms with Gasteiger partial charge in [0.2, 0.25) is 0 Å².